The molecule has 0 spiro atoms. The molecule has 1 aliphatic rings. The second-order valence-corrected chi connectivity index (χ2v) is 7.30. The summed E-state index contributed by atoms with van der Waals surface area (Å²) in [5.74, 6) is 2.42. The van der Waals surface area contributed by atoms with Gasteiger partial charge in [-0.3, -0.25) is 0 Å². The predicted molar refractivity (Wildman–Crippen MR) is 87.0 cm³/mol. The minimum atomic E-state index is 0.349. The van der Waals surface area contributed by atoms with Gasteiger partial charge < -0.3 is 14.8 Å². The fourth-order valence-electron chi connectivity index (χ4n) is 2.27. The Kier molecular flexibility index (Phi) is 5.15. The molecule has 1 aromatic rings. The number of ether oxygens (including phenoxy) is 2. The molecule has 2 atom stereocenters. The molecule has 3 nitrogen and oxygen atoms in total. The molecule has 0 saturated heterocycles. The molecule has 0 amide bonds. The standard InChI is InChI=1S/C18H29NO2/c1-13(18(3,4)5)11-19-14(2)6-7-15-8-9-16-17(10-15)21-12-20-16/h8-10,13-14,19H,6-7,11-12H2,1-5H3. The Morgan fingerprint density at radius 3 is 2.57 bits per heavy atom. The average molecular weight is 291 g/mol. The molecule has 1 N–H and O–H groups in total. The highest BCUT2D eigenvalue weighted by atomic mass is 16.7. The second kappa shape index (κ2) is 6.69. The van der Waals surface area contributed by atoms with Crippen molar-refractivity contribution in [3.63, 3.8) is 0 Å². The fraction of sp³-hybridized carbons (Fsp3) is 0.667. The van der Waals surface area contributed by atoms with Crippen molar-refractivity contribution in [3.05, 3.63) is 23.8 Å². The normalized spacial score (nSPS) is 16.8. The molecule has 1 aromatic carbocycles. The van der Waals surface area contributed by atoms with Gasteiger partial charge in [-0.15, -0.1) is 0 Å². The maximum atomic E-state index is 5.42. The minimum absolute atomic E-state index is 0.349. The van der Waals surface area contributed by atoms with E-state index in [1.807, 2.05) is 6.07 Å². The zero-order valence-corrected chi connectivity index (χ0v) is 14.0. The van der Waals surface area contributed by atoms with E-state index >= 15 is 0 Å². The number of nitrogens with one attached hydrogen (secondary N) is 1. The van der Waals surface area contributed by atoms with Gasteiger partial charge in [-0.25, -0.2) is 0 Å². The van der Waals surface area contributed by atoms with Gasteiger partial charge in [0.1, 0.15) is 0 Å². The molecule has 0 aliphatic carbocycles. The summed E-state index contributed by atoms with van der Waals surface area (Å²) in [5, 5.41) is 3.66. The van der Waals surface area contributed by atoms with E-state index < -0.39 is 0 Å². The van der Waals surface area contributed by atoms with Crippen LogP contribution >= 0.6 is 0 Å². The van der Waals surface area contributed by atoms with Crippen molar-refractivity contribution >= 4 is 0 Å². The van der Waals surface area contributed by atoms with Gasteiger partial charge >= 0.3 is 0 Å². The minimum Gasteiger partial charge on any atom is -0.454 e. The lowest BCUT2D eigenvalue weighted by Crippen LogP contribution is -2.35. The van der Waals surface area contributed by atoms with Crippen molar-refractivity contribution in [1.29, 1.82) is 0 Å². The molecule has 2 rings (SSSR count). The topological polar surface area (TPSA) is 30.5 Å². The highest BCUT2D eigenvalue weighted by Crippen LogP contribution is 2.32. The van der Waals surface area contributed by atoms with Crippen molar-refractivity contribution < 1.29 is 9.47 Å². The van der Waals surface area contributed by atoms with Gasteiger partial charge in [0.05, 0.1) is 0 Å². The lowest BCUT2D eigenvalue weighted by Gasteiger charge is -2.28. The summed E-state index contributed by atoms with van der Waals surface area (Å²) in [6.45, 7) is 12.9. The zero-order chi connectivity index (χ0) is 15.5. The van der Waals surface area contributed by atoms with Gasteiger partial charge in [0, 0.05) is 6.04 Å². The van der Waals surface area contributed by atoms with Crippen LogP contribution in [-0.2, 0) is 6.42 Å². The van der Waals surface area contributed by atoms with Crippen LogP contribution in [0.25, 0.3) is 0 Å². The van der Waals surface area contributed by atoms with E-state index in [1.54, 1.807) is 0 Å². The SMILES string of the molecule is CC(CCc1ccc2c(c1)OCO2)NCC(C)C(C)(C)C. The number of rotatable bonds is 6. The van der Waals surface area contributed by atoms with Crippen molar-refractivity contribution in [3.8, 4) is 11.5 Å². The van der Waals surface area contributed by atoms with Gasteiger partial charge in [0.15, 0.2) is 11.5 Å². The Labute approximate surface area is 129 Å². The van der Waals surface area contributed by atoms with Gasteiger partial charge in [-0.1, -0.05) is 33.8 Å². The number of benzene rings is 1. The zero-order valence-electron chi connectivity index (χ0n) is 14.0. The molecule has 118 valence electrons. The molecule has 0 bridgehead atoms. The van der Waals surface area contributed by atoms with Crippen LogP contribution in [0.1, 0.15) is 46.6 Å². The van der Waals surface area contributed by atoms with Crippen LogP contribution in [0, 0.1) is 11.3 Å². The van der Waals surface area contributed by atoms with Crippen molar-refractivity contribution in [1.82, 2.24) is 5.32 Å². The largest absolute Gasteiger partial charge is 0.454 e. The predicted octanol–water partition coefficient (Wildman–Crippen LogP) is 4.01. The van der Waals surface area contributed by atoms with Crippen LogP contribution in [0.2, 0.25) is 0 Å². The van der Waals surface area contributed by atoms with Gasteiger partial charge in [0.2, 0.25) is 6.79 Å². The summed E-state index contributed by atoms with van der Waals surface area (Å²) in [4.78, 5) is 0. The van der Waals surface area contributed by atoms with Gasteiger partial charge in [-0.2, -0.15) is 0 Å². The maximum Gasteiger partial charge on any atom is 0.231 e. The fourth-order valence-corrected chi connectivity index (χ4v) is 2.27. The average Bonchev–Trinajstić information content (AvgIpc) is 2.88. The quantitative estimate of drug-likeness (QED) is 0.859. The van der Waals surface area contributed by atoms with Crippen LogP contribution in [0.15, 0.2) is 18.2 Å². The van der Waals surface area contributed by atoms with E-state index in [4.69, 9.17) is 9.47 Å². The number of hydrogen-bond acceptors (Lipinski definition) is 3. The Morgan fingerprint density at radius 1 is 1.14 bits per heavy atom. The summed E-state index contributed by atoms with van der Waals surface area (Å²) in [7, 11) is 0. The van der Waals surface area contributed by atoms with E-state index in [0.717, 1.165) is 30.9 Å². The van der Waals surface area contributed by atoms with Crippen molar-refractivity contribution in [2.24, 2.45) is 11.3 Å². The third kappa shape index (κ3) is 4.63. The van der Waals surface area contributed by atoms with Gasteiger partial charge in [-0.05, 0) is 55.3 Å². The summed E-state index contributed by atoms with van der Waals surface area (Å²) in [6, 6.07) is 6.78. The van der Waals surface area contributed by atoms with Crippen LogP contribution in [0.5, 0.6) is 11.5 Å². The maximum absolute atomic E-state index is 5.42. The molecule has 3 heteroatoms. The van der Waals surface area contributed by atoms with E-state index in [-0.39, 0.29) is 0 Å². The third-order valence-corrected chi connectivity index (χ3v) is 4.55. The smallest absolute Gasteiger partial charge is 0.231 e. The van der Waals surface area contributed by atoms with Gasteiger partial charge in [0.25, 0.3) is 0 Å². The van der Waals surface area contributed by atoms with Crippen LogP contribution < -0.4 is 14.8 Å². The Bertz CT molecular complexity index is 465. The Morgan fingerprint density at radius 2 is 1.86 bits per heavy atom. The number of hydrogen-bond donors (Lipinski definition) is 1. The number of aryl methyl sites for hydroxylation is 1. The molecule has 0 aromatic heterocycles. The van der Waals surface area contributed by atoms with Crippen LogP contribution in [-0.4, -0.2) is 19.4 Å². The molecule has 2 unspecified atom stereocenters. The first kappa shape index (κ1) is 16.2. The van der Waals surface area contributed by atoms with Crippen LogP contribution in [0.4, 0.5) is 0 Å². The van der Waals surface area contributed by atoms with Crippen molar-refractivity contribution in [2.75, 3.05) is 13.3 Å². The highest BCUT2D eigenvalue weighted by Gasteiger charge is 2.20. The monoisotopic (exact) mass is 291 g/mol. The van der Waals surface area contributed by atoms with Crippen LogP contribution in [0.3, 0.4) is 0 Å². The number of fused-ring (bicyclic) bond motifs is 1. The van der Waals surface area contributed by atoms with Crippen molar-refractivity contribution in [2.45, 2.75) is 53.5 Å². The third-order valence-electron chi connectivity index (χ3n) is 4.55. The summed E-state index contributed by atoms with van der Waals surface area (Å²) >= 11 is 0. The molecule has 1 aliphatic heterocycles. The molecule has 0 radical (unpaired) electrons. The summed E-state index contributed by atoms with van der Waals surface area (Å²) < 4.78 is 10.8. The second-order valence-electron chi connectivity index (χ2n) is 7.30. The highest BCUT2D eigenvalue weighted by molar-refractivity contribution is 5.44. The molecular formula is C18H29NO2. The lowest BCUT2D eigenvalue weighted by atomic mass is 9.82. The van der Waals surface area contributed by atoms with E-state index in [0.29, 0.717) is 24.2 Å². The first-order valence-corrected chi connectivity index (χ1v) is 7.98. The first-order valence-electron chi connectivity index (χ1n) is 7.98. The molecule has 1 heterocycles. The molecular weight excluding hydrogens is 262 g/mol. The van der Waals surface area contributed by atoms with E-state index in [9.17, 15) is 0 Å². The van der Waals surface area contributed by atoms with E-state index in [1.165, 1.54) is 5.56 Å². The Balaban J connectivity index is 1.75. The molecule has 21 heavy (non-hydrogen) atoms. The molecule has 0 saturated carbocycles. The lowest BCUT2D eigenvalue weighted by molar-refractivity contribution is 0.174. The summed E-state index contributed by atoms with van der Waals surface area (Å²) in [6.07, 6.45) is 2.20. The first-order chi connectivity index (χ1) is 9.86. The Hall–Kier alpha value is -1.22. The summed E-state index contributed by atoms with van der Waals surface area (Å²) in [5.41, 5.74) is 1.68. The van der Waals surface area contributed by atoms with E-state index in [2.05, 4.69) is 52.1 Å². The molecule has 0 fully saturated rings.